The molecular weight excluding hydrogens is 646 g/mol. The predicted octanol–water partition coefficient (Wildman–Crippen LogP) is 8.08. The van der Waals surface area contributed by atoms with Crippen LogP contribution in [0.15, 0.2) is 63.6 Å². The Bertz CT molecular complexity index is 1590. The lowest BCUT2D eigenvalue weighted by molar-refractivity contribution is 0.341. The minimum absolute atomic E-state index is 0.0381. The second-order valence-electron chi connectivity index (χ2n) is 8.17. The zero-order valence-corrected chi connectivity index (χ0v) is 25.6. The van der Waals surface area contributed by atoms with E-state index in [-0.39, 0.29) is 67.4 Å². The molecule has 0 heterocycles. The van der Waals surface area contributed by atoms with Crippen molar-refractivity contribution in [1.82, 2.24) is 0 Å². The van der Waals surface area contributed by atoms with E-state index in [9.17, 15) is 12.8 Å². The summed E-state index contributed by atoms with van der Waals surface area (Å²) in [5, 5.41) is 2.94. The van der Waals surface area contributed by atoms with E-state index in [2.05, 4.69) is 5.32 Å². The highest BCUT2D eigenvalue weighted by atomic mass is 35.5. The van der Waals surface area contributed by atoms with Gasteiger partial charge in [-0.15, -0.1) is 0 Å². The van der Waals surface area contributed by atoms with Gasteiger partial charge in [-0.1, -0.05) is 52.5 Å². The fourth-order valence-electron chi connectivity index (χ4n) is 3.74. The molecule has 0 saturated carbocycles. The van der Waals surface area contributed by atoms with E-state index in [1.54, 1.807) is 6.07 Å². The van der Waals surface area contributed by atoms with Crippen LogP contribution in [0.5, 0.6) is 23.0 Å². The van der Waals surface area contributed by atoms with Crippen LogP contribution in [-0.2, 0) is 10.1 Å². The van der Waals surface area contributed by atoms with Crippen LogP contribution in [0.1, 0.15) is 0 Å². The van der Waals surface area contributed by atoms with Gasteiger partial charge >= 0.3 is 10.1 Å². The van der Waals surface area contributed by atoms with Crippen LogP contribution in [0.4, 0.5) is 14.5 Å². The van der Waals surface area contributed by atoms with E-state index in [0.717, 1.165) is 12.3 Å². The second-order valence-corrected chi connectivity index (χ2v) is 11.8. The van der Waals surface area contributed by atoms with E-state index >= 15 is 4.39 Å². The number of rotatable bonds is 12. The maximum atomic E-state index is 15.4. The molecule has 0 radical (unpaired) electrons. The number of methoxy groups -OCH3 is 2. The first-order valence-electron chi connectivity index (χ1n) is 11.5. The fourth-order valence-corrected chi connectivity index (χ4v) is 4.48. The van der Waals surface area contributed by atoms with Crippen LogP contribution < -0.4 is 23.7 Å². The van der Waals surface area contributed by atoms with Crippen molar-refractivity contribution in [3.8, 4) is 45.3 Å². The molecule has 0 aromatic heterocycles. The van der Waals surface area contributed by atoms with E-state index in [1.807, 2.05) is 0 Å². The summed E-state index contributed by atoms with van der Waals surface area (Å²) in [6, 6.07) is 9.57. The van der Waals surface area contributed by atoms with Crippen molar-refractivity contribution in [3.63, 3.8) is 0 Å². The summed E-state index contributed by atoms with van der Waals surface area (Å²) in [5.41, 5.74) is 0.782. The monoisotopic (exact) mass is 667 g/mol. The minimum atomic E-state index is -4.15. The van der Waals surface area contributed by atoms with Gasteiger partial charge < -0.3 is 23.7 Å². The summed E-state index contributed by atoms with van der Waals surface area (Å²) in [4.78, 5) is 0. The van der Waals surface area contributed by atoms with Gasteiger partial charge in [-0.25, -0.2) is 8.78 Å². The quantitative estimate of drug-likeness (QED) is 0.195. The van der Waals surface area contributed by atoms with Crippen molar-refractivity contribution in [3.05, 3.63) is 75.2 Å². The van der Waals surface area contributed by atoms with Crippen LogP contribution in [-0.4, -0.2) is 42.0 Å². The summed E-state index contributed by atoms with van der Waals surface area (Å²) < 4.78 is 76.7. The van der Waals surface area contributed by atoms with Crippen LogP contribution in [0.3, 0.4) is 0 Å². The van der Waals surface area contributed by atoms with Crippen LogP contribution in [0.2, 0.25) is 0 Å². The van der Waals surface area contributed by atoms with Crippen molar-refractivity contribution in [2.45, 2.75) is 0 Å². The Morgan fingerprint density at radius 1 is 0.854 bits per heavy atom. The molecule has 0 amide bonds. The molecule has 0 saturated heterocycles. The SMILES string of the molecule is COc1cc(-c2ccc(NCC=C(Cl)Cl)cc2F)c(OC)c(OS(C)(=O)=O)c1-c1ccc(OCC=C(Cl)Cl)c(F)c1. The molecule has 0 atom stereocenters. The highest BCUT2D eigenvalue weighted by Gasteiger charge is 2.28. The zero-order chi connectivity index (χ0) is 30.3. The molecule has 7 nitrogen and oxygen atoms in total. The molecule has 0 spiro atoms. The average Bonchev–Trinajstić information content (AvgIpc) is 2.88. The van der Waals surface area contributed by atoms with E-state index in [1.165, 1.54) is 56.7 Å². The molecule has 0 aliphatic rings. The Balaban J connectivity index is 2.19. The maximum Gasteiger partial charge on any atom is 0.306 e. The molecule has 14 heteroatoms. The van der Waals surface area contributed by atoms with Crippen LogP contribution >= 0.6 is 46.4 Å². The van der Waals surface area contributed by atoms with E-state index < -0.39 is 21.8 Å². The first-order chi connectivity index (χ1) is 19.3. The van der Waals surface area contributed by atoms with Gasteiger partial charge in [0.15, 0.2) is 23.1 Å². The molecule has 220 valence electrons. The number of hydrogen-bond donors (Lipinski definition) is 1. The van der Waals surface area contributed by atoms with Crippen molar-refractivity contribution in [2.75, 3.05) is 38.9 Å². The number of hydrogen-bond acceptors (Lipinski definition) is 7. The van der Waals surface area contributed by atoms with Gasteiger partial charge in [0.25, 0.3) is 0 Å². The van der Waals surface area contributed by atoms with Crippen molar-refractivity contribution < 1.29 is 35.6 Å². The van der Waals surface area contributed by atoms with Crippen LogP contribution in [0.25, 0.3) is 22.3 Å². The molecule has 3 rings (SSSR count). The number of nitrogens with one attached hydrogen (secondary N) is 1. The van der Waals surface area contributed by atoms with Crippen LogP contribution in [0, 0.1) is 11.6 Å². The van der Waals surface area contributed by atoms with E-state index in [0.29, 0.717) is 5.69 Å². The summed E-state index contributed by atoms with van der Waals surface area (Å²) in [7, 11) is -1.58. The van der Waals surface area contributed by atoms with Crippen molar-refractivity contribution in [1.29, 1.82) is 0 Å². The van der Waals surface area contributed by atoms with Gasteiger partial charge in [-0.05, 0) is 54.1 Å². The molecule has 3 aromatic carbocycles. The Labute approximate surface area is 256 Å². The van der Waals surface area contributed by atoms with Gasteiger partial charge in [0, 0.05) is 23.4 Å². The fraction of sp³-hybridized carbons (Fsp3) is 0.185. The standard InChI is InChI=1S/C27H23Cl4F2NO6S/c1-37-22-14-18(17-6-5-16(13-19(17)32)34-10-8-23(28)29)26(38-2)27(40-41(3,35)36)25(22)15-4-7-21(20(33)12-15)39-11-9-24(30)31/h4-9,12-14,34H,10-11H2,1-3H3. The van der Waals surface area contributed by atoms with Gasteiger partial charge in [0.1, 0.15) is 27.2 Å². The van der Waals surface area contributed by atoms with Gasteiger partial charge in [0.2, 0.25) is 0 Å². The topological polar surface area (TPSA) is 83.1 Å². The summed E-state index contributed by atoms with van der Waals surface area (Å²) in [6.45, 7) is 0.154. The normalized spacial score (nSPS) is 11.0. The molecule has 0 fully saturated rings. The lowest BCUT2D eigenvalue weighted by Gasteiger charge is -2.21. The maximum absolute atomic E-state index is 15.4. The molecule has 3 aromatic rings. The summed E-state index contributed by atoms with van der Waals surface area (Å²) in [5.74, 6) is -1.99. The smallest absolute Gasteiger partial charge is 0.306 e. The van der Waals surface area contributed by atoms with Gasteiger partial charge in [-0.2, -0.15) is 8.42 Å². The Morgan fingerprint density at radius 3 is 2.12 bits per heavy atom. The van der Waals surface area contributed by atoms with E-state index in [4.69, 9.17) is 64.8 Å². The molecule has 41 heavy (non-hydrogen) atoms. The zero-order valence-electron chi connectivity index (χ0n) is 21.7. The first kappa shape index (κ1) is 32.6. The number of halogens is 6. The largest absolute Gasteiger partial charge is 0.496 e. The predicted molar refractivity (Wildman–Crippen MR) is 159 cm³/mol. The highest BCUT2D eigenvalue weighted by molar-refractivity contribution is 7.86. The third kappa shape index (κ3) is 8.80. The number of anilines is 1. The van der Waals surface area contributed by atoms with Gasteiger partial charge in [-0.3, -0.25) is 0 Å². The average molecular weight is 669 g/mol. The number of benzene rings is 3. The molecule has 0 aliphatic carbocycles. The highest BCUT2D eigenvalue weighted by Crippen LogP contribution is 2.51. The minimum Gasteiger partial charge on any atom is -0.496 e. The molecule has 1 N–H and O–H groups in total. The summed E-state index contributed by atoms with van der Waals surface area (Å²) in [6.07, 6.45) is 3.64. The lowest BCUT2D eigenvalue weighted by atomic mass is 9.96. The third-order valence-electron chi connectivity index (χ3n) is 5.38. The second kappa shape index (κ2) is 14.3. The lowest BCUT2D eigenvalue weighted by Crippen LogP contribution is -2.09. The number of ether oxygens (including phenoxy) is 3. The first-order valence-corrected chi connectivity index (χ1v) is 14.8. The Morgan fingerprint density at radius 2 is 1.56 bits per heavy atom. The Hall–Kier alpha value is -2.89. The Kier molecular flexibility index (Phi) is 11.4. The molecular formula is C27H23Cl4F2NO6S. The molecule has 0 unspecified atom stereocenters. The third-order valence-corrected chi connectivity index (χ3v) is 6.46. The summed E-state index contributed by atoms with van der Waals surface area (Å²) >= 11 is 22.3. The molecule has 0 aliphatic heterocycles. The van der Waals surface area contributed by atoms with Crippen molar-refractivity contribution >= 4 is 62.2 Å². The van der Waals surface area contributed by atoms with Crippen molar-refractivity contribution in [2.24, 2.45) is 0 Å². The van der Waals surface area contributed by atoms with Gasteiger partial charge in [0.05, 0.1) is 26.0 Å². The molecule has 0 bridgehead atoms.